The lowest BCUT2D eigenvalue weighted by molar-refractivity contribution is -0.127. The second kappa shape index (κ2) is 9.24. The molecule has 29 heavy (non-hydrogen) atoms. The summed E-state index contributed by atoms with van der Waals surface area (Å²) in [7, 11) is 2.12. The molecule has 3 fully saturated rings. The molecule has 0 spiro atoms. The molecule has 0 radical (unpaired) electrons. The Morgan fingerprint density at radius 1 is 1.21 bits per heavy atom. The minimum absolute atomic E-state index is 0.0203. The number of hydrogen-bond acceptors (Lipinski definition) is 5. The highest BCUT2D eigenvalue weighted by atomic mass is 16.5. The van der Waals surface area contributed by atoms with E-state index in [0.717, 1.165) is 51.1 Å². The SMILES string of the molecule is CN1[C@@H](CCC(=O)Nc2ccccc2)CNC(=O)[C@@H]2[C@H]1CCN2C1CCOCC1. The second-order valence-electron chi connectivity index (χ2n) is 8.40. The van der Waals surface area contributed by atoms with Crippen LogP contribution >= 0.6 is 0 Å². The van der Waals surface area contributed by atoms with Crippen molar-refractivity contribution in [2.45, 2.75) is 56.3 Å². The fraction of sp³-hybridized carbons (Fsp3) is 0.636. The van der Waals surface area contributed by atoms with Gasteiger partial charge in [0.25, 0.3) is 0 Å². The van der Waals surface area contributed by atoms with Crippen molar-refractivity contribution in [3.05, 3.63) is 30.3 Å². The van der Waals surface area contributed by atoms with Crippen LogP contribution < -0.4 is 10.6 Å². The molecule has 2 N–H and O–H groups in total. The van der Waals surface area contributed by atoms with Gasteiger partial charge in [-0.15, -0.1) is 0 Å². The molecule has 0 saturated carbocycles. The summed E-state index contributed by atoms with van der Waals surface area (Å²) in [5.41, 5.74) is 0.822. The monoisotopic (exact) mass is 400 g/mol. The average Bonchev–Trinajstić information content (AvgIpc) is 3.15. The first-order chi connectivity index (χ1) is 14.1. The molecule has 0 unspecified atom stereocenters. The molecule has 0 aliphatic carbocycles. The molecule has 7 nitrogen and oxygen atoms in total. The third-order valence-corrected chi connectivity index (χ3v) is 6.71. The van der Waals surface area contributed by atoms with Crippen LogP contribution in [-0.4, -0.2) is 79.1 Å². The van der Waals surface area contributed by atoms with Crippen LogP contribution in [0.3, 0.4) is 0 Å². The molecule has 3 heterocycles. The van der Waals surface area contributed by atoms with E-state index in [1.165, 1.54) is 0 Å². The molecule has 0 aromatic heterocycles. The van der Waals surface area contributed by atoms with Gasteiger partial charge >= 0.3 is 0 Å². The first kappa shape index (κ1) is 20.3. The maximum absolute atomic E-state index is 12.9. The molecule has 4 rings (SSSR count). The molecule has 3 atom stereocenters. The van der Waals surface area contributed by atoms with E-state index in [1.54, 1.807) is 0 Å². The molecule has 3 aliphatic heterocycles. The number of hydrogen-bond donors (Lipinski definition) is 2. The Morgan fingerprint density at radius 2 is 1.97 bits per heavy atom. The number of anilines is 1. The number of carbonyl (C=O) groups excluding carboxylic acids is 2. The third-order valence-electron chi connectivity index (χ3n) is 6.71. The zero-order chi connectivity index (χ0) is 20.2. The Bertz CT molecular complexity index is 707. The Labute approximate surface area is 172 Å². The summed E-state index contributed by atoms with van der Waals surface area (Å²) >= 11 is 0. The molecule has 1 aromatic carbocycles. The summed E-state index contributed by atoms with van der Waals surface area (Å²) in [4.78, 5) is 30.0. The first-order valence-electron chi connectivity index (χ1n) is 10.8. The Hall–Kier alpha value is -1.96. The molecule has 3 saturated heterocycles. The quantitative estimate of drug-likeness (QED) is 0.783. The predicted molar refractivity (Wildman–Crippen MR) is 112 cm³/mol. The second-order valence-corrected chi connectivity index (χ2v) is 8.40. The summed E-state index contributed by atoms with van der Waals surface area (Å²) in [5.74, 6) is 0.161. The van der Waals surface area contributed by atoms with Crippen LogP contribution in [-0.2, 0) is 14.3 Å². The number of fused-ring (bicyclic) bond motifs is 1. The Morgan fingerprint density at radius 3 is 2.72 bits per heavy atom. The molecule has 7 heteroatoms. The van der Waals surface area contributed by atoms with E-state index in [9.17, 15) is 9.59 Å². The predicted octanol–water partition coefficient (Wildman–Crippen LogP) is 1.46. The fourth-order valence-electron chi connectivity index (χ4n) is 5.06. The smallest absolute Gasteiger partial charge is 0.239 e. The number of amides is 2. The normalized spacial score (nSPS) is 29.1. The van der Waals surface area contributed by atoms with Gasteiger partial charge in [0.2, 0.25) is 11.8 Å². The summed E-state index contributed by atoms with van der Waals surface area (Å²) in [6, 6.07) is 10.3. The lowest BCUT2D eigenvalue weighted by Gasteiger charge is -2.37. The van der Waals surface area contributed by atoms with Gasteiger partial charge in [-0.3, -0.25) is 19.4 Å². The lowest BCUT2D eigenvalue weighted by atomic mass is 10.0. The zero-order valence-corrected chi connectivity index (χ0v) is 17.2. The van der Waals surface area contributed by atoms with E-state index >= 15 is 0 Å². The van der Waals surface area contributed by atoms with E-state index in [4.69, 9.17) is 4.74 Å². The van der Waals surface area contributed by atoms with E-state index in [1.807, 2.05) is 30.3 Å². The maximum Gasteiger partial charge on any atom is 0.239 e. The number of para-hydroxylation sites is 1. The highest BCUT2D eigenvalue weighted by molar-refractivity contribution is 5.90. The number of rotatable bonds is 5. The third kappa shape index (κ3) is 4.63. The number of likely N-dealkylation sites (tertiary alicyclic amines) is 1. The molecular formula is C22H32N4O3. The van der Waals surface area contributed by atoms with Gasteiger partial charge in [-0.2, -0.15) is 0 Å². The zero-order valence-electron chi connectivity index (χ0n) is 17.2. The molecular weight excluding hydrogens is 368 g/mol. The van der Waals surface area contributed by atoms with Gasteiger partial charge in [-0.25, -0.2) is 0 Å². The number of nitrogens with zero attached hydrogens (tertiary/aromatic N) is 2. The van der Waals surface area contributed by atoms with Crippen LogP contribution in [0.2, 0.25) is 0 Å². The maximum atomic E-state index is 12.9. The van der Waals surface area contributed by atoms with Gasteiger partial charge < -0.3 is 15.4 Å². The summed E-state index contributed by atoms with van der Waals surface area (Å²) in [6.07, 6.45) is 4.18. The summed E-state index contributed by atoms with van der Waals surface area (Å²) in [5, 5.41) is 6.11. The fourth-order valence-corrected chi connectivity index (χ4v) is 5.06. The average molecular weight is 401 g/mol. The van der Waals surface area contributed by atoms with Gasteiger partial charge in [-0.1, -0.05) is 18.2 Å². The minimum atomic E-state index is -0.0914. The van der Waals surface area contributed by atoms with Crippen molar-refractivity contribution in [2.75, 3.05) is 38.7 Å². The van der Waals surface area contributed by atoms with E-state index in [-0.39, 0.29) is 29.9 Å². The van der Waals surface area contributed by atoms with Crippen molar-refractivity contribution in [1.29, 1.82) is 0 Å². The highest BCUT2D eigenvalue weighted by Crippen LogP contribution is 2.31. The number of ether oxygens (including phenoxy) is 1. The van der Waals surface area contributed by atoms with Gasteiger partial charge in [-0.05, 0) is 44.9 Å². The van der Waals surface area contributed by atoms with Crippen molar-refractivity contribution in [3.63, 3.8) is 0 Å². The first-order valence-corrected chi connectivity index (χ1v) is 10.8. The standard InChI is InChI=1S/C22H32N4O3/c1-25-18(7-8-20(27)24-16-5-3-2-4-6-16)15-23-22(28)21-19(25)9-12-26(21)17-10-13-29-14-11-17/h2-6,17-19,21H,7-15H2,1H3,(H,23,28)(H,24,27)/t18-,19+,21-/m0/s1. The Balaban J connectivity index is 1.36. The molecule has 0 bridgehead atoms. The molecule has 1 aromatic rings. The van der Waals surface area contributed by atoms with Crippen molar-refractivity contribution in [2.24, 2.45) is 0 Å². The van der Waals surface area contributed by atoms with Crippen molar-refractivity contribution in [1.82, 2.24) is 15.1 Å². The molecule has 2 amide bonds. The van der Waals surface area contributed by atoms with Crippen molar-refractivity contribution >= 4 is 17.5 Å². The summed E-state index contributed by atoms with van der Waals surface area (Å²) in [6.45, 7) is 3.13. The van der Waals surface area contributed by atoms with E-state index in [2.05, 4.69) is 27.5 Å². The number of benzene rings is 1. The topological polar surface area (TPSA) is 73.9 Å². The minimum Gasteiger partial charge on any atom is -0.381 e. The van der Waals surface area contributed by atoms with Gasteiger partial charge in [0.15, 0.2) is 0 Å². The van der Waals surface area contributed by atoms with Crippen molar-refractivity contribution in [3.8, 4) is 0 Å². The van der Waals surface area contributed by atoms with Crippen LogP contribution in [0.5, 0.6) is 0 Å². The van der Waals surface area contributed by atoms with Crippen LogP contribution in [0, 0.1) is 0 Å². The van der Waals surface area contributed by atoms with Gasteiger partial charge in [0.05, 0.1) is 0 Å². The number of likely N-dealkylation sites (N-methyl/N-ethyl adjacent to an activating group) is 1. The van der Waals surface area contributed by atoms with Crippen LogP contribution in [0.25, 0.3) is 0 Å². The van der Waals surface area contributed by atoms with E-state index in [0.29, 0.717) is 19.0 Å². The van der Waals surface area contributed by atoms with Gasteiger partial charge in [0.1, 0.15) is 6.04 Å². The number of carbonyl (C=O) groups is 2. The van der Waals surface area contributed by atoms with E-state index < -0.39 is 0 Å². The van der Waals surface area contributed by atoms with Crippen molar-refractivity contribution < 1.29 is 14.3 Å². The van der Waals surface area contributed by atoms with Crippen LogP contribution in [0.15, 0.2) is 30.3 Å². The van der Waals surface area contributed by atoms with Gasteiger partial charge in [0, 0.05) is 56.5 Å². The van der Waals surface area contributed by atoms with Crippen LogP contribution in [0.4, 0.5) is 5.69 Å². The number of nitrogens with one attached hydrogen (secondary N) is 2. The molecule has 3 aliphatic rings. The highest BCUT2D eigenvalue weighted by Gasteiger charge is 2.47. The Kier molecular flexibility index (Phi) is 6.47. The summed E-state index contributed by atoms with van der Waals surface area (Å²) < 4.78 is 5.51. The largest absolute Gasteiger partial charge is 0.381 e. The van der Waals surface area contributed by atoms with Crippen LogP contribution in [0.1, 0.15) is 32.1 Å². The molecule has 158 valence electrons. The lowest BCUT2D eigenvalue weighted by Crippen LogP contribution is -2.53.